The fraction of sp³-hybridized carbons (Fsp3) is 0.320. The van der Waals surface area contributed by atoms with Crippen LogP contribution in [0.3, 0.4) is 0 Å². The number of ether oxygens (including phenoxy) is 3. The minimum atomic E-state index is -0.0850. The molecule has 1 saturated heterocycles. The molecule has 1 aliphatic rings. The van der Waals surface area contributed by atoms with Crippen molar-refractivity contribution in [3.8, 4) is 17.0 Å². The number of carbonyl (C=O) groups excluding carboxylic acids is 1. The second-order valence-electron chi connectivity index (χ2n) is 7.74. The molecule has 0 bridgehead atoms. The van der Waals surface area contributed by atoms with E-state index in [4.69, 9.17) is 14.2 Å². The highest BCUT2D eigenvalue weighted by Gasteiger charge is 2.16. The third kappa shape index (κ3) is 6.00. The van der Waals surface area contributed by atoms with Gasteiger partial charge in [-0.3, -0.25) is 4.79 Å². The van der Waals surface area contributed by atoms with Gasteiger partial charge in [0.15, 0.2) is 0 Å². The second-order valence-corrected chi connectivity index (χ2v) is 7.74. The number of morpholine rings is 1. The maximum atomic E-state index is 11.9. The van der Waals surface area contributed by atoms with Crippen LogP contribution in [0.1, 0.15) is 6.42 Å². The summed E-state index contributed by atoms with van der Waals surface area (Å²) in [6, 6.07) is 15.4. The smallest absolute Gasteiger partial charge is 0.227 e. The molecular formula is C25H29N5O4. The first-order valence-electron chi connectivity index (χ1n) is 11.2. The number of benzene rings is 2. The first kappa shape index (κ1) is 23.5. The van der Waals surface area contributed by atoms with E-state index in [9.17, 15) is 4.79 Å². The molecule has 0 radical (unpaired) electrons. The summed E-state index contributed by atoms with van der Waals surface area (Å²) < 4.78 is 16.0. The first-order valence-corrected chi connectivity index (χ1v) is 11.2. The van der Waals surface area contributed by atoms with Crippen LogP contribution in [0.5, 0.6) is 5.75 Å². The maximum Gasteiger partial charge on any atom is 0.227 e. The minimum absolute atomic E-state index is 0.0850. The molecule has 2 aromatic carbocycles. The highest BCUT2D eigenvalue weighted by atomic mass is 16.5. The SMILES string of the molecule is COCCC(=O)Nc1ccc(-c2ccnc(Nc3ccc(N4CCOCC4)c(OC)c3)n2)cc1. The van der Waals surface area contributed by atoms with E-state index in [0.717, 1.165) is 47.2 Å². The van der Waals surface area contributed by atoms with E-state index < -0.39 is 0 Å². The zero-order valence-electron chi connectivity index (χ0n) is 19.4. The second kappa shape index (κ2) is 11.4. The third-order valence-electron chi connectivity index (χ3n) is 5.44. The van der Waals surface area contributed by atoms with Crippen LogP contribution in [0, 0.1) is 0 Å². The lowest BCUT2D eigenvalue weighted by Gasteiger charge is -2.30. The lowest BCUT2D eigenvalue weighted by atomic mass is 10.1. The molecule has 9 heteroatoms. The molecule has 1 fully saturated rings. The molecule has 0 aliphatic carbocycles. The molecule has 0 unspecified atom stereocenters. The van der Waals surface area contributed by atoms with Crippen LogP contribution in [-0.2, 0) is 14.3 Å². The van der Waals surface area contributed by atoms with E-state index >= 15 is 0 Å². The Kier molecular flexibility index (Phi) is 7.90. The molecule has 0 atom stereocenters. The average molecular weight is 464 g/mol. The van der Waals surface area contributed by atoms with Crippen LogP contribution < -0.4 is 20.3 Å². The van der Waals surface area contributed by atoms with Crippen LogP contribution in [0.15, 0.2) is 54.7 Å². The van der Waals surface area contributed by atoms with Crippen molar-refractivity contribution in [1.29, 1.82) is 0 Å². The van der Waals surface area contributed by atoms with E-state index in [1.165, 1.54) is 0 Å². The van der Waals surface area contributed by atoms with Crippen molar-refractivity contribution in [1.82, 2.24) is 9.97 Å². The van der Waals surface area contributed by atoms with E-state index in [2.05, 4.69) is 25.5 Å². The van der Waals surface area contributed by atoms with Gasteiger partial charge in [-0.1, -0.05) is 12.1 Å². The van der Waals surface area contributed by atoms with Gasteiger partial charge in [0.2, 0.25) is 11.9 Å². The highest BCUT2D eigenvalue weighted by molar-refractivity contribution is 5.91. The summed E-state index contributed by atoms with van der Waals surface area (Å²) in [6.45, 7) is 3.49. The Labute approximate surface area is 199 Å². The summed E-state index contributed by atoms with van der Waals surface area (Å²) in [5.41, 5.74) is 4.29. The zero-order chi connectivity index (χ0) is 23.8. The van der Waals surface area contributed by atoms with Gasteiger partial charge >= 0.3 is 0 Å². The molecule has 9 nitrogen and oxygen atoms in total. The molecule has 1 aromatic heterocycles. The molecular weight excluding hydrogens is 434 g/mol. The summed E-state index contributed by atoms with van der Waals surface area (Å²) in [6.07, 6.45) is 2.03. The Balaban J connectivity index is 1.45. The van der Waals surface area contributed by atoms with Crippen molar-refractivity contribution in [2.45, 2.75) is 6.42 Å². The molecule has 178 valence electrons. The normalized spacial score (nSPS) is 13.4. The van der Waals surface area contributed by atoms with Gasteiger partial charge in [-0.05, 0) is 30.3 Å². The van der Waals surface area contributed by atoms with Gasteiger partial charge in [-0.2, -0.15) is 0 Å². The Morgan fingerprint density at radius 1 is 1.06 bits per heavy atom. The number of hydrogen-bond donors (Lipinski definition) is 2. The number of aromatic nitrogens is 2. The van der Waals surface area contributed by atoms with Crippen molar-refractivity contribution in [3.05, 3.63) is 54.7 Å². The maximum absolute atomic E-state index is 11.9. The molecule has 3 aromatic rings. The number of hydrogen-bond acceptors (Lipinski definition) is 8. The monoisotopic (exact) mass is 463 g/mol. The number of carbonyl (C=O) groups is 1. The largest absolute Gasteiger partial charge is 0.495 e. The van der Waals surface area contributed by atoms with E-state index in [-0.39, 0.29) is 5.91 Å². The van der Waals surface area contributed by atoms with Gasteiger partial charge in [0.25, 0.3) is 0 Å². The molecule has 34 heavy (non-hydrogen) atoms. The van der Waals surface area contributed by atoms with Gasteiger partial charge in [0, 0.05) is 49.4 Å². The number of rotatable bonds is 9. The van der Waals surface area contributed by atoms with Gasteiger partial charge < -0.3 is 29.7 Å². The standard InChI is InChI=1S/C25H29N5O4/c1-32-14-10-24(31)27-19-5-3-18(4-6-19)21-9-11-26-25(29-21)28-20-7-8-22(23(17-20)33-2)30-12-15-34-16-13-30/h3-9,11,17H,10,12-16H2,1-2H3,(H,27,31)(H,26,28,29). The first-order chi connectivity index (χ1) is 16.7. The predicted octanol–water partition coefficient (Wildman–Crippen LogP) is 3.71. The Hall–Kier alpha value is -3.69. The molecule has 1 aliphatic heterocycles. The summed E-state index contributed by atoms with van der Waals surface area (Å²) in [5, 5.41) is 6.11. The van der Waals surface area contributed by atoms with Crippen molar-refractivity contribution in [2.75, 3.05) is 62.7 Å². The van der Waals surface area contributed by atoms with Crippen molar-refractivity contribution >= 4 is 28.9 Å². The molecule has 0 spiro atoms. The van der Waals surface area contributed by atoms with Crippen LogP contribution in [0.4, 0.5) is 23.0 Å². The predicted molar refractivity (Wildman–Crippen MR) is 132 cm³/mol. The van der Waals surface area contributed by atoms with Crippen molar-refractivity contribution in [2.24, 2.45) is 0 Å². The average Bonchev–Trinajstić information content (AvgIpc) is 2.88. The van der Waals surface area contributed by atoms with Gasteiger partial charge in [-0.25, -0.2) is 9.97 Å². The number of methoxy groups -OCH3 is 2. The summed E-state index contributed by atoms with van der Waals surface area (Å²) >= 11 is 0. The number of nitrogens with one attached hydrogen (secondary N) is 2. The zero-order valence-corrected chi connectivity index (χ0v) is 19.4. The van der Waals surface area contributed by atoms with Crippen LogP contribution in [0.25, 0.3) is 11.3 Å². The summed E-state index contributed by atoms with van der Waals surface area (Å²) in [7, 11) is 3.24. The van der Waals surface area contributed by atoms with Crippen molar-refractivity contribution in [3.63, 3.8) is 0 Å². The lowest BCUT2D eigenvalue weighted by Crippen LogP contribution is -2.36. The fourth-order valence-electron chi connectivity index (χ4n) is 3.67. The third-order valence-corrected chi connectivity index (χ3v) is 5.44. The van der Waals surface area contributed by atoms with E-state index in [1.807, 2.05) is 48.5 Å². The Morgan fingerprint density at radius 3 is 2.56 bits per heavy atom. The van der Waals surface area contributed by atoms with Crippen molar-refractivity contribution < 1.29 is 19.0 Å². The number of amides is 1. The van der Waals surface area contributed by atoms with Gasteiger partial charge in [0.1, 0.15) is 5.75 Å². The van der Waals surface area contributed by atoms with Crippen LogP contribution in [-0.4, -0.2) is 63.0 Å². The summed E-state index contributed by atoms with van der Waals surface area (Å²) in [4.78, 5) is 23.1. The topological polar surface area (TPSA) is 97.8 Å². The van der Waals surface area contributed by atoms with E-state index in [0.29, 0.717) is 32.2 Å². The quantitative estimate of drug-likeness (QED) is 0.496. The molecule has 0 saturated carbocycles. The van der Waals surface area contributed by atoms with Crippen LogP contribution >= 0.6 is 0 Å². The Bertz CT molecular complexity index is 1100. The highest BCUT2D eigenvalue weighted by Crippen LogP contribution is 2.32. The molecule has 2 N–H and O–H groups in total. The fourth-order valence-corrected chi connectivity index (χ4v) is 3.67. The van der Waals surface area contributed by atoms with Crippen LogP contribution in [0.2, 0.25) is 0 Å². The Morgan fingerprint density at radius 2 is 1.82 bits per heavy atom. The summed E-state index contributed by atoms with van der Waals surface area (Å²) in [5.74, 6) is 1.18. The van der Waals surface area contributed by atoms with Gasteiger partial charge in [0.05, 0.1) is 44.7 Å². The van der Waals surface area contributed by atoms with E-state index in [1.54, 1.807) is 20.4 Å². The molecule has 2 heterocycles. The number of anilines is 4. The molecule has 1 amide bonds. The lowest BCUT2D eigenvalue weighted by molar-refractivity contribution is -0.117. The number of nitrogens with zero attached hydrogens (tertiary/aromatic N) is 3. The minimum Gasteiger partial charge on any atom is -0.495 e. The molecule has 4 rings (SSSR count). The van der Waals surface area contributed by atoms with Gasteiger partial charge in [-0.15, -0.1) is 0 Å².